The lowest BCUT2D eigenvalue weighted by Gasteiger charge is -2.22. The van der Waals surface area contributed by atoms with Crippen LogP contribution in [0.2, 0.25) is 0 Å². The summed E-state index contributed by atoms with van der Waals surface area (Å²) in [5, 5.41) is 7.30. The van der Waals surface area contributed by atoms with E-state index >= 15 is 0 Å². The number of ketones is 1. The number of rotatable bonds is 9. The van der Waals surface area contributed by atoms with E-state index in [2.05, 4.69) is 10.2 Å². The molecular formula is C22H29FN2O4. The highest BCUT2D eigenvalue weighted by atomic mass is 19.1. The lowest BCUT2D eigenvalue weighted by molar-refractivity contribution is -0.155. The van der Waals surface area contributed by atoms with Crippen molar-refractivity contribution in [1.82, 2.24) is 10.2 Å². The van der Waals surface area contributed by atoms with E-state index in [1.165, 1.54) is 19.2 Å². The Morgan fingerprint density at radius 2 is 1.97 bits per heavy atom. The molecule has 1 N–H and O–H groups in total. The minimum absolute atomic E-state index is 0.0285. The van der Waals surface area contributed by atoms with Crippen LogP contribution in [0.5, 0.6) is 5.75 Å². The van der Waals surface area contributed by atoms with E-state index in [0.717, 1.165) is 5.69 Å². The van der Waals surface area contributed by atoms with Crippen LogP contribution in [0.1, 0.15) is 69.8 Å². The number of carbonyl (C=O) groups is 2. The van der Waals surface area contributed by atoms with Gasteiger partial charge in [0.2, 0.25) is 0 Å². The first-order valence-corrected chi connectivity index (χ1v) is 9.68. The number of nitrogens with zero attached hydrogens (tertiary/aromatic N) is 1. The summed E-state index contributed by atoms with van der Waals surface area (Å²) in [7, 11) is 1.40. The second-order valence-electron chi connectivity index (χ2n) is 8.11. The van der Waals surface area contributed by atoms with E-state index in [0.29, 0.717) is 30.5 Å². The maximum absolute atomic E-state index is 14.3. The number of H-pyrrole nitrogens is 1. The van der Waals surface area contributed by atoms with E-state index in [1.54, 1.807) is 33.8 Å². The molecule has 0 saturated carbocycles. The number of Topliss-reactive ketones (excluding diaryl/α,β-unsaturated/α-hetero) is 1. The van der Waals surface area contributed by atoms with Crippen molar-refractivity contribution in [3.05, 3.63) is 47.0 Å². The maximum Gasteiger partial charge on any atom is 0.307 e. The number of benzene rings is 1. The molecule has 0 aliphatic carbocycles. The number of carbonyl (C=O) groups excluding carboxylic acids is 2. The molecule has 7 heteroatoms. The molecule has 0 fully saturated rings. The van der Waals surface area contributed by atoms with Crippen LogP contribution in [0.4, 0.5) is 4.39 Å². The van der Waals surface area contributed by atoms with E-state index in [1.807, 2.05) is 6.07 Å². The summed E-state index contributed by atoms with van der Waals surface area (Å²) in [5.41, 5.74) is 1.48. The summed E-state index contributed by atoms with van der Waals surface area (Å²) in [4.78, 5) is 23.6. The first kappa shape index (κ1) is 22.6. The summed E-state index contributed by atoms with van der Waals surface area (Å²) in [5.74, 6) is -1.09. The van der Waals surface area contributed by atoms with Gasteiger partial charge < -0.3 is 14.3 Å². The monoisotopic (exact) mass is 404 g/mol. The molecule has 0 spiro atoms. The zero-order valence-corrected chi connectivity index (χ0v) is 17.7. The molecule has 158 valence electrons. The van der Waals surface area contributed by atoms with Crippen LogP contribution in [0, 0.1) is 5.82 Å². The molecule has 0 radical (unpaired) electrons. The Labute approximate surface area is 170 Å². The standard InChI is InChI=1S/C22H29FN2O4/c1-14(26)7-6-8-16-12-19(25-24-16)17(13-21(27)29-22(2,3)4)15-9-10-20(28-5)18(23)11-15/h9-12,17H,6-8,13H2,1-5H3,(H,24,25). The van der Waals surface area contributed by atoms with Crippen molar-refractivity contribution in [3.8, 4) is 5.75 Å². The van der Waals surface area contributed by atoms with Crippen LogP contribution in [-0.4, -0.2) is 34.7 Å². The third-order valence-electron chi connectivity index (χ3n) is 4.35. The Morgan fingerprint density at radius 1 is 1.24 bits per heavy atom. The zero-order chi connectivity index (χ0) is 21.6. The predicted octanol–water partition coefficient (Wildman–Crippen LogP) is 4.33. The molecule has 1 heterocycles. The highest BCUT2D eigenvalue weighted by Gasteiger charge is 2.25. The highest BCUT2D eigenvalue weighted by Crippen LogP contribution is 2.31. The summed E-state index contributed by atoms with van der Waals surface area (Å²) in [6.07, 6.45) is 1.91. The highest BCUT2D eigenvalue weighted by molar-refractivity contribution is 5.75. The molecular weight excluding hydrogens is 375 g/mol. The molecule has 0 amide bonds. The van der Waals surface area contributed by atoms with Gasteiger partial charge in [0.1, 0.15) is 11.4 Å². The fraction of sp³-hybridized carbons (Fsp3) is 0.500. The molecule has 1 aromatic heterocycles. The molecule has 0 aliphatic heterocycles. The van der Waals surface area contributed by atoms with Crippen molar-refractivity contribution < 1.29 is 23.5 Å². The van der Waals surface area contributed by atoms with E-state index in [4.69, 9.17) is 9.47 Å². The van der Waals surface area contributed by atoms with Gasteiger partial charge in [-0.05, 0) is 64.3 Å². The molecule has 1 aromatic carbocycles. The number of methoxy groups -OCH3 is 1. The molecule has 1 atom stereocenters. The number of hydrogen-bond acceptors (Lipinski definition) is 5. The topological polar surface area (TPSA) is 81.3 Å². The zero-order valence-electron chi connectivity index (χ0n) is 17.7. The molecule has 2 rings (SSSR count). The Kier molecular flexibility index (Phi) is 7.53. The van der Waals surface area contributed by atoms with Gasteiger partial charge in [-0.3, -0.25) is 9.89 Å². The van der Waals surface area contributed by atoms with Gasteiger partial charge in [-0.15, -0.1) is 0 Å². The van der Waals surface area contributed by atoms with Crippen LogP contribution in [0.3, 0.4) is 0 Å². The second kappa shape index (κ2) is 9.67. The number of halogens is 1. The largest absolute Gasteiger partial charge is 0.494 e. The third kappa shape index (κ3) is 7.00. The first-order chi connectivity index (χ1) is 13.6. The maximum atomic E-state index is 14.3. The SMILES string of the molecule is COc1ccc(C(CC(=O)OC(C)(C)C)c2cc(CCCC(C)=O)[nH]n2)cc1F. The van der Waals surface area contributed by atoms with Gasteiger partial charge in [0.25, 0.3) is 0 Å². The summed E-state index contributed by atoms with van der Waals surface area (Å²) in [6.45, 7) is 6.96. The van der Waals surface area contributed by atoms with Crippen LogP contribution < -0.4 is 4.74 Å². The predicted molar refractivity (Wildman–Crippen MR) is 107 cm³/mol. The van der Waals surface area contributed by atoms with Gasteiger partial charge in [-0.2, -0.15) is 5.10 Å². The van der Waals surface area contributed by atoms with E-state index < -0.39 is 17.3 Å². The van der Waals surface area contributed by atoms with Gasteiger partial charge in [-0.1, -0.05) is 6.07 Å². The fourth-order valence-corrected chi connectivity index (χ4v) is 3.06. The van der Waals surface area contributed by atoms with Gasteiger partial charge >= 0.3 is 5.97 Å². The van der Waals surface area contributed by atoms with Gasteiger partial charge in [0.15, 0.2) is 11.6 Å². The normalized spacial score (nSPS) is 12.5. The Hall–Kier alpha value is -2.70. The minimum atomic E-state index is -0.615. The molecule has 29 heavy (non-hydrogen) atoms. The number of esters is 1. The number of nitrogens with one attached hydrogen (secondary N) is 1. The summed E-state index contributed by atoms with van der Waals surface area (Å²) < 4.78 is 24.7. The Bertz CT molecular complexity index is 855. The van der Waals surface area contributed by atoms with E-state index in [-0.39, 0.29) is 23.9 Å². The van der Waals surface area contributed by atoms with Crippen molar-refractivity contribution >= 4 is 11.8 Å². The van der Waals surface area contributed by atoms with Crippen molar-refractivity contribution in [2.24, 2.45) is 0 Å². The van der Waals surface area contributed by atoms with Crippen LogP contribution in [0.25, 0.3) is 0 Å². The van der Waals surface area contributed by atoms with Crippen molar-refractivity contribution in [2.75, 3.05) is 7.11 Å². The lowest BCUT2D eigenvalue weighted by Crippen LogP contribution is -2.25. The van der Waals surface area contributed by atoms with Gasteiger partial charge in [-0.25, -0.2) is 4.39 Å². The van der Waals surface area contributed by atoms with Crippen LogP contribution >= 0.6 is 0 Å². The molecule has 1 unspecified atom stereocenters. The molecule has 0 aliphatic rings. The fourth-order valence-electron chi connectivity index (χ4n) is 3.06. The van der Waals surface area contributed by atoms with Crippen molar-refractivity contribution in [1.29, 1.82) is 0 Å². The number of aryl methyl sites for hydroxylation is 1. The molecule has 0 saturated heterocycles. The average Bonchev–Trinajstić information content (AvgIpc) is 3.06. The number of hydrogen-bond donors (Lipinski definition) is 1. The molecule has 0 bridgehead atoms. The van der Waals surface area contributed by atoms with Gasteiger partial charge in [0.05, 0.1) is 19.2 Å². The minimum Gasteiger partial charge on any atom is -0.494 e. The number of aromatic nitrogens is 2. The van der Waals surface area contributed by atoms with Crippen LogP contribution in [-0.2, 0) is 20.7 Å². The average molecular weight is 404 g/mol. The third-order valence-corrected chi connectivity index (χ3v) is 4.35. The van der Waals surface area contributed by atoms with Crippen molar-refractivity contribution in [2.45, 2.75) is 64.9 Å². The smallest absolute Gasteiger partial charge is 0.307 e. The van der Waals surface area contributed by atoms with E-state index in [9.17, 15) is 14.0 Å². The summed E-state index contributed by atoms with van der Waals surface area (Å²) >= 11 is 0. The molecule has 6 nitrogen and oxygen atoms in total. The van der Waals surface area contributed by atoms with Crippen molar-refractivity contribution in [3.63, 3.8) is 0 Å². The van der Waals surface area contributed by atoms with Gasteiger partial charge in [0, 0.05) is 18.0 Å². The Balaban J connectivity index is 2.27. The molecule has 2 aromatic rings. The number of ether oxygens (including phenoxy) is 2. The summed E-state index contributed by atoms with van der Waals surface area (Å²) in [6, 6.07) is 6.48. The first-order valence-electron chi connectivity index (χ1n) is 9.68. The van der Waals surface area contributed by atoms with Crippen LogP contribution in [0.15, 0.2) is 24.3 Å². The lowest BCUT2D eigenvalue weighted by atomic mass is 9.91. The Morgan fingerprint density at radius 3 is 2.55 bits per heavy atom. The second-order valence-corrected chi connectivity index (χ2v) is 8.11. The quantitative estimate of drug-likeness (QED) is 0.629. The number of aromatic amines is 1.